The summed E-state index contributed by atoms with van der Waals surface area (Å²) in [6, 6.07) is 29.4. The van der Waals surface area contributed by atoms with E-state index in [1.54, 1.807) is 268 Å². The van der Waals surface area contributed by atoms with Crippen LogP contribution in [0.15, 0.2) is 93.9 Å². The van der Waals surface area contributed by atoms with E-state index in [-0.39, 0.29) is 43.0 Å². The summed E-state index contributed by atoms with van der Waals surface area (Å²) in [5, 5.41) is 14.5. The minimum absolute atomic E-state index is 0.156. The maximum absolute atomic E-state index is 11.2. The Balaban J connectivity index is 0.000000284. The molecule has 8 fully saturated rings. The first-order chi connectivity index (χ1) is 62.3. The number of ether oxygens (including phenoxy) is 9. The van der Waals surface area contributed by atoms with E-state index in [2.05, 4.69) is 129 Å². The number of esters is 1. The van der Waals surface area contributed by atoms with Crippen molar-refractivity contribution in [1.82, 2.24) is 0 Å². The van der Waals surface area contributed by atoms with Crippen LogP contribution in [0.5, 0.6) is 34.5 Å². The molecule has 8 aliphatic rings. The molecule has 0 unspecified atom stereocenters. The number of aromatic hydroxyl groups is 1. The van der Waals surface area contributed by atoms with Crippen molar-refractivity contribution in [2.75, 3.05) is 68.5 Å². The zero-order valence-electron chi connectivity index (χ0n) is 67.8. The molecule has 0 aliphatic heterocycles. The molecule has 712 valence electrons. The van der Waals surface area contributed by atoms with E-state index in [0.717, 1.165) is 124 Å². The first-order valence-electron chi connectivity index (χ1n) is 36.6. The van der Waals surface area contributed by atoms with Crippen LogP contribution >= 0.6 is 31.9 Å². The van der Waals surface area contributed by atoms with E-state index in [1.807, 2.05) is 24.3 Å². The molecule has 8 saturated carbocycles. The van der Waals surface area contributed by atoms with Crippen molar-refractivity contribution in [2.45, 2.75) is 121 Å². The number of methoxy groups -OCH3 is 4. The van der Waals surface area contributed by atoms with Crippen molar-refractivity contribution in [3.05, 3.63) is 116 Å². The number of carbonyl (C=O) groups excluding carboxylic acids is 5. The van der Waals surface area contributed by atoms with Crippen molar-refractivity contribution in [3.63, 3.8) is 0 Å². The van der Waals surface area contributed by atoms with Crippen LogP contribution in [0.4, 0.5) is 0 Å². The first kappa shape index (κ1) is 121. The van der Waals surface area contributed by atoms with Gasteiger partial charge in [-0.15, -0.1) is 0 Å². The fourth-order valence-electron chi connectivity index (χ4n) is 16.1. The monoisotopic (exact) mass is 2630 g/mol. The summed E-state index contributed by atoms with van der Waals surface area (Å²) >= 11 is 35.1. The van der Waals surface area contributed by atoms with Crippen LogP contribution in [0, 0.1) is 35.5 Å². The number of benzene rings is 6. The highest BCUT2D eigenvalue weighted by atomic mass is 79.9. The third-order valence-electron chi connectivity index (χ3n) is 19.5. The smallest absolute Gasteiger partial charge is 0.373 e. The van der Waals surface area contributed by atoms with Gasteiger partial charge in [0.25, 0.3) is 0 Å². The second kappa shape index (κ2) is 74.8. The predicted molar refractivity (Wildman–Crippen MR) is 638 cm³/mol. The number of phenolic OH excluding ortho intramolecular Hbond substituents is 1. The molecule has 58 heteroatoms. The Labute approximate surface area is 893 Å². The van der Waals surface area contributed by atoms with E-state index < -0.39 is 0 Å². The first-order valence-corrected chi connectivity index (χ1v) is 88.8. The summed E-state index contributed by atoms with van der Waals surface area (Å²) in [6.07, 6.45) is 19.0. The molecule has 0 spiro atoms. The molecule has 128 heavy (non-hydrogen) atoms. The van der Waals surface area contributed by atoms with Crippen LogP contribution in [0.2, 0.25) is 0 Å². The van der Waals surface area contributed by atoms with Crippen LogP contribution in [0.1, 0.15) is 120 Å². The number of phenols is 1. The van der Waals surface area contributed by atoms with Gasteiger partial charge in [-0.05, 0) is 253 Å². The highest BCUT2D eigenvalue weighted by Crippen LogP contribution is 2.63. The fourth-order valence-corrected chi connectivity index (χ4v) is 96.6. The molecule has 0 saturated heterocycles. The minimum Gasteiger partial charge on any atom is -0.507 e. The molecule has 6 aromatic carbocycles. The van der Waals surface area contributed by atoms with Gasteiger partial charge in [0.15, 0.2) is 13.6 Å². The van der Waals surface area contributed by atoms with Gasteiger partial charge in [-0.2, -0.15) is 19.2 Å². The maximum atomic E-state index is 11.2. The summed E-state index contributed by atoms with van der Waals surface area (Å²) in [4.78, 5) is 43.7. The lowest BCUT2D eigenvalue weighted by molar-refractivity contribution is -0.193. The van der Waals surface area contributed by atoms with E-state index >= 15 is 0 Å². The Bertz CT molecular complexity index is 6420. The van der Waals surface area contributed by atoms with Crippen molar-refractivity contribution < 1.29 is 71.7 Å². The highest BCUT2D eigenvalue weighted by Gasteiger charge is 2.53. The lowest BCUT2D eigenvalue weighted by Gasteiger charge is -2.57. The topological polar surface area (TPSA) is 189 Å². The third kappa shape index (κ3) is 46.5. The normalized spacial score (nSPS) is 17.9. The molecule has 0 radical (unpaired) electrons. The molecule has 8 aliphatic carbocycles. The number of hydrogen-bond donors (Lipinski definition) is 1. The number of halogens is 2. The van der Waals surface area contributed by atoms with Crippen molar-refractivity contribution in [3.8, 4) is 45.6 Å². The average Bonchev–Trinajstić information content (AvgIpc) is 0.732. The van der Waals surface area contributed by atoms with Crippen LogP contribution in [0.3, 0.4) is 0 Å². The zero-order chi connectivity index (χ0) is 93.0. The SMILES string of the molecule is CCc1cc(O)c2cc(-c3cc(C45CC6CC(CC(C6)C4)C5)ccc3OCOCCOC)cc(OC)c2c1.CCc1cc(OC(C)=O)c2cc(Br)cc(OC)c2c1.COCCOCOc1ccc(C23CC4CC(CC(C4)C2)C3)cc1Br.O=C=O.O=C=O.S=S=S=S=S=S.S=S=S=S=S=S=S=S=S=S=S=S=S=S=S=S.S=S=S=S=S=S=S=S=S=S=S=S=S=S=S=S=S=S=S. The number of carbonyl (C=O) groups is 1. The van der Waals surface area contributed by atoms with Gasteiger partial charge in [0.1, 0.15) is 34.5 Å². The largest absolute Gasteiger partial charge is 0.507 e. The highest BCUT2D eigenvalue weighted by molar-refractivity contribution is 9.11. The van der Waals surface area contributed by atoms with Gasteiger partial charge >= 0.3 is 18.3 Å². The Morgan fingerprint density at radius 1 is 0.391 bits per heavy atom. The molecular formula is C70H82Br2O15S41. The quantitative estimate of drug-likeness (QED) is 0.0328. The van der Waals surface area contributed by atoms with Gasteiger partial charge in [-0.3, -0.25) is 4.79 Å². The second-order valence-corrected chi connectivity index (χ2v) is 90.3. The van der Waals surface area contributed by atoms with Gasteiger partial charge in [-0.25, -0.2) is 0 Å². The van der Waals surface area contributed by atoms with E-state index in [1.165, 1.54) is 166 Å². The summed E-state index contributed by atoms with van der Waals surface area (Å²) < 4.78 is 51.5. The lowest BCUT2D eigenvalue weighted by Crippen LogP contribution is -2.48. The zero-order valence-corrected chi connectivity index (χ0v) is 104. The van der Waals surface area contributed by atoms with Gasteiger partial charge in [0.2, 0.25) is 0 Å². The summed E-state index contributed by atoms with van der Waals surface area (Å²) in [5.41, 5.74) is 7.84. The van der Waals surface area contributed by atoms with Crippen molar-refractivity contribution in [2.24, 2.45) is 35.5 Å². The number of aryl methyl sites for hydroxylation is 2. The van der Waals surface area contributed by atoms with Crippen molar-refractivity contribution in [1.29, 1.82) is 0 Å². The number of hydrogen-bond acceptors (Lipinski definition) is 21. The molecule has 8 bridgehead atoms. The van der Waals surface area contributed by atoms with Crippen LogP contribution in [0.25, 0.3) is 32.7 Å². The van der Waals surface area contributed by atoms with Crippen molar-refractivity contribution >= 4 is 450 Å². The van der Waals surface area contributed by atoms with Gasteiger partial charge in [0, 0.05) is 431 Å². The Kier molecular flexibility index (Phi) is 70.9. The molecule has 15 nitrogen and oxygen atoms in total. The van der Waals surface area contributed by atoms with Crippen LogP contribution < -0.4 is 23.7 Å². The Morgan fingerprint density at radius 2 is 0.711 bits per heavy atom. The molecule has 1 N–H and O–H groups in total. The number of rotatable bonds is 20. The predicted octanol–water partition coefficient (Wildman–Crippen LogP) is 15.0. The maximum Gasteiger partial charge on any atom is 0.373 e. The van der Waals surface area contributed by atoms with Gasteiger partial charge in [-0.1, -0.05) is 41.9 Å². The molecule has 0 heterocycles. The Morgan fingerprint density at radius 3 is 1.05 bits per heavy atom. The molecule has 6 aromatic rings. The summed E-state index contributed by atoms with van der Waals surface area (Å²) in [5.74, 6) is 9.22. The van der Waals surface area contributed by atoms with E-state index in [9.17, 15) is 9.90 Å². The lowest BCUT2D eigenvalue weighted by atomic mass is 9.48. The molecule has 0 amide bonds. The molecular weight excluding hydrogens is 2560 g/mol. The van der Waals surface area contributed by atoms with Crippen LogP contribution in [-0.4, -0.2) is 91.8 Å². The second-order valence-electron chi connectivity index (χ2n) is 26.6. The average molecular weight is 2640 g/mol. The Hall–Kier alpha value is 2.89. The molecule has 14 rings (SSSR count). The van der Waals surface area contributed by atoms with E-state index in [0.29, 0.717) is 37.6 Å². The van der Waals surface area contributed by atoms with E-state index in [4.69, 9.17) is 107 Å². The van der Waals surface area contributed by atoms with Crippen LogP contribution in [-0.2, 0) is 445 Å². The molecule has 0 atom stereocenters. The summed E-state index contributed by atoms with van der Waals surface area (Å²) in [7, 11) is 64.8. The molecule has 0 aromatic heterocycles. The summed E-state index contributed by atoms with van der Waals surface area (Å²) in [6.45, 7) is 8.13. The number of fused-ring (bicyclic) bond motifs is 2. The fraction of sp³-hybridized carbons (Fsp3) is 0.500. The van der Waals surface area contributed by atoms with Gasteiger partial charge < -0.3 is 47.7 Å². The third-order valence-corrected chi connectivity index (χ3v) is 91.7. The minimum atomic E-state index is -0.325. The standard InChI is InChI=1S/C33H40O5.C20H27BrO3.C15H15BrO3.2CO2.S19.S16.S6/c1-4-21-12-29-28(30(34)13-21)14-25(15-32(29)36-3)27-16-26(5-6-31(27)38-20-37-8-7-35-2)33-17-22-9-23(18-33)11-24(10-22)19-33;1-22-4-5-23-13-24-19-3-2-17(9-18(19)21)20-10-14-6-15(11-20)8-16(7-14)12-20;1-4-10-5-12-13(15(6-10)19-9(2)17)7-11(16)8-14(12)18-3;2*2-1-3;1-3-5-7-9-11-13-15-17-19-18-16-14-12-10-8-6-4-2;1-3-5-7-9-11-13-15-16-14-12-10-8-6-4-2;1-3-5-6-4-2/h5-6,12-16,22-24,34H,4,7-11,17-20H2,1-3H3;2-3,9,14-16H,4-8,10-13H2,1H3;5-8H,4H2,1-3H3;;;;;. The van der Waals surface area contributed by atoms with Gasteiger partial charge in [0.05, 0.1) is 45.1 Å².